The summed E-state index contributed by atoms with van der Waals surface area (Å²) in [6.07, 6.45) is 6.31. The van der Waals surface area contributed by atoms with Gasteiger partial charge in [0.2, 0.25) is 0 Å². The van der Waals surface area contributed by atoms with Crippen LogP contribution in [0, 0.1) is 11.3 Å². The number of nitriles is 1. The molecule has 6 heteroatoms. The van der Waals surface area contributed by atoms with E-state index in [-0.39, 0.29) is 5.56 Å². The van der Waals surface area contributed by atoms with E-state index in [0.717, 1.165) is 62.2 Å². The molecule has 2 fully saturated rings. The number of benzene rings is 2. The summed E-state index contributed by atoms with van der Waals surface area (Å²) < 4.78 is 1.84. The molecule has 158 valence electrons. The number of nitrogens with zero attached hydrogens (tertiary/aromatic N) is 5. The van der Waals surface area contributed by atoms with Gasteiger partial charge in [0.15, 0.2) is 0 Å². The minimum absolute atomic E-state index is 0.0932. The van der Waals surface area contributed by atoms with Crippen LogP contribution >= 0.6 is 0 Å². The zero-order valence-corrected chi connectivity index (χ0v) is 17.7. The van der Waals surface area contributed by atoms with Gasteiger partial charge in [-0.15, -0.1) is 0 Å². The molecule has 1 aliphatic carbocycles. The normalized spacial score (nSPS) is 17.8. The van der Waals surface area contributed by atoms with Gasteiger partial charge in [0, 0.05) is 44.5 Å². The van der Waals surface area contributed by atoms with Crippen molar-refractivity contribution in [1.82, 2.24) is 14.5 Å². The fourth-order valence-corrected chi connectivity index (χ4v) is 4.87. The van der Waals surface area contributed by atoms with E-state index in [1.165, 1.54) is 18.4 Å². The first-order valence-electron chi connectivity index (χ1n) is 11.2. The largest absolute Gasteiger partial charge is 0.369 e. The first-order valence-corrected chi connectivity index (χ1v) is 11.2. The highest BCUT2D eigenvalue weighted by Gasteiger charge is 2.21. The van der Waals surface area contributed by atoms with Crippen LogP contribution in [0.1, 0.15) is 42.9 Å². The van der Waals surface area contributed by atoms with Crippen molar-refractivity contribution in [3.63, 3.8) is 0 Å². The molecule has 0 amide bonds. The predicted octanol–water partition coefficient (Wildman–Crippen LogP) is 3.71. The van der Waals surface area contributed by atoms with E-state index in [0.29, 0.717) is 11.6 Å². The van der Waals surface area contributed by atoms with E-state index in [1.54, 1.807) is 6.33 Å². The fourth-order valence-electron chi connectivity index (χ4n) is 4.87. The molecule has 2 aliphatic rings. The number of aromatic nitrogens is 2. The van der Waals surface area contributed by atoms with Crippen LogP contribution < -0.4 is 10.5 Å². The van der Waals surface area contributed by atoms with E-state index in [4.69, 9.17) is 5.26 Å². The highest BCUT2D eigenvalue weighted by molar-refractivity contribution is 5.81. The van der Waals surface area contributed by atoms with Crippen LogP contribution in [0.25, 0.3) is 10.9 Å². The van der Waals surface area contributed by atoms with Crippen LogP contribution in [0.15, 0.2) is 53.6 Å². The molecule has 2 aromatic carbocycles. The molecule has 0 spiro atoms. The number of hydrogen-bond donors (Lipinski definition) is 0. The number of piperazine rings is 1. The minimum atomic E-state index is 0.0932. The number of rotatable bonds is 4. The molecule has 1 aromatic heterocycles. The monoisotopic (exact) mass is 413 g/mol. The smallest absolute Gasteiger partial charge is 0.261 e. The zero-order chi connectivity index (χ0) is 21.2. The Morgan fingerprint density at radius 1 is 1.00 bits per heavy atom. The van der Waals surface area contributed by atoms with Gasteiger partial charge in [0.05, 0.1) is 28.9 Å². The molecule has 0 bridgehead atoms. The van der Waals surface area contributed by atoms with Gasteiger partial charge < -0.3 is 4.90 Å². The molecular weight excluding hydrogens is 386 g/mol. The second kappa shape index (κ2) is 8.52. The van der Waals surface area contributed by atoms with Crippen LogP contribution in [0.2, 0.25) is 0 Å². The Morgan fingerprint density at radius 3 is 2.45 bits per heavy atom. The number of hydrogen-bond acceptors (Lipinski definition) is 5. The SMILES string of the molecule is N#Cc1ccc(CN2CCN(c3ccc4c(=O)n(C5CCCC5)cnc4c3)CC2)cc1. The lowest BCUT2D eigenvalue weighted by Crippen LogP contribution is -2.46. The third-order valence-corrected chi connectivity index (χ3v) is 6.71. The molecule has 3 aromatic rings. The zero-order valence-electron chi connectivity index (χ0n) is 17.7. The Balaban J connectivity index is 1.26. The molecule has 0 radical (unpaired) electrons. The lowest BCUT2D eigenvalue weighted by Gasteiger charge is -2.36. The van der Waals surface area contributed by atoms with Crippen molar-refractivity contribution in [2.45, 2.75) is 38.3 Å². The van der Waals surface area contributed by atoms with Crippen LogP contribution in [-0.2, 0) is 6.54 Å². The first kappa shape index (κ1) is 19.8. The van der Waals surface area contributed by atoms with Crippen LogP contribution in [-0.4, -0.2) is 40.6 Å². The van der Waals surface area contributed by atoms with E-state index in [9.17, 15) is 4.79 Å². The molecule has 0 N–H and O–H groups in total. The molecule has 1 aliphatic heterocycles. The quantitative estimate of drug-likeness (QED) is 0.652. The highest BCUT2D eigenvalue weighted by Crippen LogP contribution is 2.28. The topological polar surface area (TPSA) is 65.2 Å². The maximum Gasteiger partial charge on any atom is 0.261 e. The van der Waals surface area contributed by atoms with Gasteiger partial charge in [-0.05, 0) is 48.7 Å². The summed E-state index contributed by atoms with van der Waals surface area (Å²) in [5.74, 6) is 0. The Bertz CT molecular complexity index is 1160. The molecule has 0 atom stereocenters. The summed E-state index contributed by atoms with van der Waals surface area (Å²) in [6, 6.07) is 16.4. The lowest BCUT2D eigenvalue weighted by atomic mass is 10.1. The molecule has 2 heterocycles. The minimum Gasteiger partial charge on any atom is -0.369 e. The second-order valence-corrected chi connectivity index (χ2v) is 8.67. The number of anilines is 1. The Kier molecular flexibility index (Phi) is 5.44. The maximum absolute atomic E-state index is 12.9. The van der Waals surface area contributed by atoms with Gasteiger partial charge in [-0.2, -0.15) is 5.26 Å². The van der Waals surface area contributed by atoms with E-state index in [2.05, 4.69) is 33.0 Å². The molecule has 5 rings (SSSR count). The standard InChI is InChI=1S/C25H27N5O/c26-16-19-5-7-20(8-6-19)17-28-11-13-29(14-12-28)22-9-10-23-24(15-22)27-18-30(25(23)31)21-3-1-2-4-21/h5-10,15,18,21H,1-4,11-14,17H2. The summed E-state index contributed by atoms with van der Waals surface area (Å²) in [6.45, 7) is 4.75. The number of fused-ring (bicyclic) bond motifs is 1. The van der Waals surface area contributed by atoms with Crippen molar-refractivity contribution < 1.29 is 0 Å². The van der Waals surface area contributed by atoms with Crippen molar-refractivity contribution >= 4 is 16.6 Å². The second-order valence-electron chi connectivity index (χ2n) is 8.67. The van der Waals surface area contributed by atoms with E-state index in [1.807, 2.05) is 34.9 Å². The third kappa shape index (κ3) is 4.06. The van der Waals surface area contributed by atoms with Crippen molar-refractivity contribution in [3.8, 4) is 6.07 Å². The molecule has 0 unspecified atom stereocenters. The van der Waals surface area contributed by atoms with Gasteiger partial charge in [-0.3, -0.25) is 14.3 Å². The van der Waals surface area contributed by atoms with Crippen molar-refractivity contribution in [3.05, 3.63) is 70.3 Å². The Labute approximate surface area is 182 Å². The average molecular weight is 414 g/mol. The van der Waals surface area contributed by atoms with Crippen molar-refractivity contribution in [1.29, 1.82) is 5.26 Å². The maximum atomic E-state index is 12.9. The third-order valence-electron chi connectivity index (χ3n) is 6.71. The molecule has 1 saturated carbocycles. The van der Waals surface area contributed by atoms with Gasteiger partial charge in [-0.1, -0.05) is 25.0 Å². The summed E-state index contributed by atoms with van der Waals surface area (Å²) in [7, 11) is 0. The summed E-state index contributed by atoms with van der Waals surface area (Å²) >= 11 is 0. The first-order chi connectivity index (χ1) is 15.2. The highest BCUT2D eigenvalue weighted by atomic mass is 16.1. The summed E-state index contributed by atoms with van der Waals surface area (Å²) in [5.41, 5.74) is 3.96. The molecule has 1 saturated heterocycles. The van der Waals surface area contributed by atoms with Crippen molar-refractivity contribution in [2.24, 2.45) is 0 Å². The van der Waals surface area contributed by atoms with Gasteiger partial charge in [0.1, 0.15) is 0 Å². The molecule has 31 heavy (non-hydrogen) atoms. The Hall–Kier alpha value is -3.17. The molecular formula is C25H27N5O. The van der Waals surface area contributed by atoms with Crippen LogP contribution in [0.3, 0.4) is 0 Å². The van der Waals surface area contributed by atoms with Crippen molar-refractivity contribution in [2.75, 3.05) is 31.1 Å². The predicted molar refractivity (Wildman–Crippen MR) is 122 cm³/mol. The van der Waals surface area contributed by atoms with E-state index < -0.39 is 0 Å². The Morgan fingerprint density at radius 2 is 1.74 bits per heavy atom. The lowest BCUT2D eigenvalue weighted by molar-refractivity contribution is 0.250. The van der Waals surface area contributed by atoms with Gasteiger partial charge in [-0.25, -0.2) is 4.98 Å². The van der Waals surface area contributed by atoms with Gasteiger partial charge >= 0.3 is 0 Å². The fraction of sp³-hybridized carbons (Fsp3) is 0.400. The summed E-state index contributed by atoms with van der Waals surface area (Å²) in [5, 5.41) is 9.66. The average Bonchev–Trinajstić information content (AvgIpc) is 3.35. The summed E-state index contributed by atoms with van der Waals surface area (Å²) in [4.78, 5) is 22.4. The van der Waals surface area contributed by atoms with Crippen LogP contribution in [0.4, 0.5) is 5.69 Å². The van der Waals surface area contributed by atoms with Crippen LogP contribution in [0.5, 0.6) is 0 Å². The van der Waals surface area contributed by atoms with Gasteiger partial charge in [0.25, 0.3) is 5.56 Å². The van der Waals surface area contributed by atoms with E-state index >= 15 is 0 Å². The molecule has 6 nitrogen and oxygen atoms in total.